The molecule has 2 aliphatic rings. The van der Waals surface area contributed by atoms with E-state index < -0.39 is 0 Å². The van der Waals surface area contributed by atoms with Crippen LogP contribution >= 0.6 is 0 Å². The van der Waals surface area contributed by atoms with Gasteiger partial charge in [0.1, 0.15) is 0 Å². The number of ether oxygens (including phenoxy) is 1. The zero-order chi connectivity index (χ0) is 14.9. The molecule has 21 heavy (non-hydrogen) atoms. The molecule has 2 unspecified atom stereocenters. The van der Waals surface area contributed by atoms with Gasteiger partial charge in [-0.25, -0.2) is 0 Å². The average molecular weight is 287 g/mol. The molecular weight excluding hydrogens is 258 g/mol. The van der Waals surface area contributed by atoms with Crippen molar-refractivity contribution < 1.29 is 4.74 Å². The molecule has 1 aromatic rings. The first-order valence-corrected chi connectivity index (χ1v) is 8.38. The largest absolute Gasteiger partial charge is 0.383 e. The molecule has 0 radical (unpaired) electrons. The van der Waals surface area contributed by atoms with E-state index in [-0.39, 0.29) is 0 Å². The molecule has 0 heterocycles. The monoisotopic (exact) mass is 287 g/mol. The molecule has 0 aromatic heterocycles. The highest BCUT2D eigenvalue weighted by molar-refractivity contribution is 5.31. The Kier molecular flexibility index (Phi) is 4.37. The molecule has 0 spiro atoms. The van der Waals surface area contributed by atoms with E-state index in [1.165, 1.54) is 42.4 Å². The van der Waals surface area contributed by atoms with Crippen LogP contribution in [0.2, 0.25) is 0 Å². The molecule has 2 aliphatic carbocycles. The van der Waals surface area contributed by atoms with E-state index in [1.807, 2.05) is 0 Å². The predicted molar refractivity (Wildman–Crippen MR) is 87.6 cm³/mol. The molecule has 2 saturated carbocycles. The van der Waals surface area contributed by atoms with E-state index in [9.17, 15) is 0 Å². The van der Waals surface area contributed by atoms with Crippen LogP contribution in [0, 0.1) is 31.1 Å². The second kappa shape index (κ2) is 6.10. The molecule has 1 N–H and O–H groups in total. The van der Waals surface area contributed by atoms with Crippen LogP contribution in [-0.4, -0.2) is 26.8 Å². The van der Waals surface area contributed by atoms with E-state index >= 15 is 0 Å². The maximum atomic E-state index is 5.15. The van der Waals surface area contributed by atoms with E-state index in [2.05, 4.69) is 37.4 Å². The van der Waals surface area contributed by atoms with Crippen LogP contribution in [-0.2, 0) is 11.2 Å². The van der Waals surface area contributed by atoms with Gasteiger partial charge in [-0.2, -0.15) is 0 Å². The van der Waals surface area contributed by atoms with Crippen LogP contribution < -0.4 is 5.32 Å². The van der Waals surface area contributed by atoms with Crippen molar-refractivity contribution >= 4 is 0 Å². The fraction of sp³-hybridized carbons (Fsp3) is 0.684. The molecule has 1 aromatic carbocycles. The lowest BCUT2D eigenvalue weighted by molar-refractivity contribution is 0.186. The molecule has 0 bridgehead atoms. The first-order chi connectivity index (χ1) is 10.1. The molecular formula is C19H29NO. The third-order valence-corrected chi connectivity index (χ3v) is 5.59. The zero-order valence-corrected chi connectivity index (χ0v) is 13.7. The van der Waals surface area contributed by atoms with Gasteiger partial charge in [0.2, 0.25) is 0 Å². The molecule has 0 aliphatic heterocycles. The van der Waals surface area contributed by atoms with Gasteiger partial charge in [-0.1, -0.05) is 18.2 Å². The molecule has 2 nitrogen and oxygen atoms in total. The second-order valence-corrected chi connectivity index (χ2v) is 7.43. The predicted octanol–water partition coefficient (Wildman–Crippen LogP) is 3.50. The molecule has 0 amide bonds. The number of nitrogens with one attached hydrogen (secondary N) is 1. The van der Waals surface area contributed by atoms with Crippen molar-refractivity contribution in [1.29, 1.82) is 0 Å². The summed E-state index contributed by atoms with van der Waals surface area (Å²) >= 11 is 0. The number of rotatable bonds is 7. The Balaban J connectivity index is 1.66. The fourth-order valence-corrected chi connectivity index (χ4v) is 4.23. The summed E-state index contributed by atoms with van der Waals surface area (Å²) in [6.45, 7) is 7.36. The minimum Gasteiger partial charge on any atom is -0.383 e. The topological polar surface area (TPSA) is 21.3 Å². The third kappa shape index (κ3) is 3.49. The summed E-state index contributed by atoms with van der Waals surface area (Å²) in [5.41, 5.74) is 4.84. The highest BCUT2D eigenvalue weighted by Gasteiger charge is 2.53. The van der Waals surface area contributed by atoms with E-state index in [0.29, 0.717) is 5.41 Å². The van der Waals surface area contributed by atoms with E-state index in [4.69, 9.17) is 4.74 Å². The molecule has 0 saturated heterocycles. The zero-order valence-electron chi connectivity index (χ0n) is 13.7. The van der Waals surface area contributed by atoms with Crippen molar-refractivity contribution in [1.82, 2.24) is 5.32 Å². The van der Waals surface area contributed by atoms with Crippen LogP contribution in [0.1, 0.15) is 36.0 Å². The van der Waals surface area contributed by atoms with Gasteiger partial charge in [0, 0.05) is 20.2 Å². The lowest BCUT2D eigenvalue weighted by Gasteiger charge is -2.32. The van der Waals surface area contributed by atoms with Crippen LogP contribution in [0.3, 0.4) is 0 Å². The summed E-state index contributed by atoms with van der Waals surface area (Å²) in [4.78, 5) is 0. The van der Waals surface area contributed by atoms with Gasteiger partial charge in [0.15, 0.2) is 0 Å². The number of fused-ring (bicyclic) bond motifs is 1. The maximum Gasteiger partial charge on any atom is 0.0587 e. The Labute approximate surface area is 129 Å². The van der Waals surface area contributed by atoms with Crippen molar-refractivity contribution in [2.75, 3.05) is 26.8 Å². The van der Waals surface area contributed by atoms with Gasteiger partial charge >= 0.3 is 0 Å². The van der Waals surface area contributed by atoms with Crippen molar-refractivity contribution in [3.8, 4) is 0 Å². The van der Waals surface area contributed by atoms with Crippen molar-refractivity contribution in [3.63, 3.8) is 0 Å². The lowest BCUT2D eigenvalue weighted by Crippen LogP contribution is -2.36. The van der Waals surface area contributed by atoms with Gasteiger partial charge in [-0.15, -0.1) is 0 Å². The Bertz CT molecular complexity index is 486. The minimum atomic E-state index is 0.489. The normalized spacial score (nSPS) is 30.4. The molecule has 2 fully saturated rings. The highest BCUT2D eigenvalue weighted by atomic mass is 16.5. The molecule has 3 rings (SSSR count). The van der Waals surface area contributed by atoms with Crippen LogP contribution in [0.5, 0.6) is 0 Å². The van der Waals surface area contributed by atoms with Crippen molar-refractivity contribution in [3.05, 3.63) is 34.9 Å². The van der Waals surface area contributed by atoms with Crippen molar-refractivity contribution in [2.24, 2.45) is 17.3 Å². The van der Waals surface area contributed by atoms with Crippen molar-refractivity contribution in [2.45, 2.75) is 39.5 Å². The molecule has 2 heteroatoms. The molecule has 2 atom stereocenters. The van der Waals surface area contributed by atoms with E-state index in [0.717, 1.165) is 31.5 Å². The van der Waals surface area contributed by atoms with Gasteiger partial charge in [-0.05, 0) is 73.5 Å². The smallest absolute Gasteiger partial charge is 0.0587 e. The number of benzene rings is 1. The third-order valence-electron chi connectivity index (χ3n) is 5.59. The highest BCUT2D eigenvalue weighted by Crippen LogP contribution is 2.60. The summed E-state index contributed by atoms with van der Waals surface area (Å²) in [5, 5.41) is 3.63. The number of hydrogen-bond donors (Lipinski definition) is 1. The summed E-state index contributed by atoms with van der Waals surface area (Å²) in [7, 11) is 1.78. The standard InChI is InChI=1S/C19H29NO/c1-14-4-5-16(8-15(14)2)10-19(13-20-6-7-21-3)11-17-9-18(17)12-19/h4-5,8,17-18,20H,6-7,9-13H2,1-3H3. The fourth-order valence-electron chi connectivity index (χ4n) is 4.23. The van der Waals surface area contributed by atoms with Gasteiger partial charge in [0.05, 0.1) is 6.61 Å². The van der Waals surface area contributed by atoms with E-state index in [1.54, 1.807) is 7.11 Å². The number of hydrogen-bond acceptors (Lipinski definition) is 2. The Morgan fingerprint density at radius 1 is 1.19 bits per heavy atom. The summed E-state index contributed by atoms with van der Waals surface area (Å²) in [6.07, 6.45) is 5.57. The maximum absolute atomic E-state index is 5.15. The Morgan fingerprint density at radius 2 is 1.95 bits per heavy atom. The first kappa shape index (κ1) is 15.1. The quantitative estimate of drug-likeness (QED) is 0.775. The van der Waals surface area contributed by atoms with Crippen LogP contribution in [0.4, 0.5) is 0 Å². The SMILES string of the molecule is COCCNCC1(Cc2ccc(C)c(C)c2)CC2CC2C1. The van der Waals surface area contributed by atoms with Crippen LogP contribution in [0.25, 0.3) is 0 Å². The summed E-state index contributed by atoms with van der Waals surface area (Å²) < 4.78 is 5.15. The summed E-state index contributed by atoms with van der Waals surface area (Å²) in [5.74, 6) is 2.06. The second-order valence-electron chi connectivity index (χ2n) is 7.43. The minimum absolute atomic E-state index is 0.489. The Hall–Kier alpha value is -0.860. The number of aryl methyl sites for hydroxylation is 2. The summed E-state index contributed by atoms with van der Waals surface area (Å²) in [6, 6.07) is 7.02. The average Bonchev–Trinajstić information content (AvgIpc) is 3.07. The van der Waals surface area contributed by atoms with Gasteiger partial charge < -0.3 is 10.1 Å². The van der Waals surface area contributed by atoms with Gasteiger partial charge in [0.25, 0.3) is 0 Å². The van der Waals surface area contributed by atoms with Gasteiger partial charge in [-0.3, -0.25) is 0 Å². The Morgan fingerprint density at radius 3 is 2.62 bits per heavy atom. The number of methoxy groups -OCH3 is 1. The molecule has 116 valence electrons. The van der Waals surface area contributed by atoms with Crippen LogP contribution in [0.15, 0.2) is 18.2 Å². The first-order valence-electron chi connectivity index (χ1n) is 8.38. The lowest BCUT2D eigenvalue weighted by atomic mass is 9.77.